The number of thioether (sulfide) groups is 2. The second-order valence-electron chi connectivity index (χ2n) is 2.10. The van der Waals surface area contributed by atoms with Gasteiger partial charge in [0, 0.05) is 16.4 Å². The molecule has 0 aromatic rings. The van der Waals surface area contributed by atoms with Crippen LogP contribution in [0.15, 0.2) is 0 Å². The molecule has 66 valence electrons. The standard InChI is InChI=1S/C5H5NO3S3/c7-3-6-4(11-3)10-1-2-12(6)5(8)9/h2,4H,1H2,(H,8,9)/t4-,12?/m0/s1. The lowest BCUT2D eigenvalue weighted by Gasteiger charge is -2.40. The molecule has 1 amide bonds. The van der Waals surface area contributed by atoms with Gasteiger partial charge in [0.2, 0.25) is 0 Å². The summed E-state index contributed by atoms with van der Waals surface area (Å²) >= 11 is 2.80. The first-order chi connectivity index (χ1) is 5.70. The Morgan fingerprint density at radius 2 is 2.58 bits per heavy atom. The number of nitrogens with zero attached hydrogens (tertiary/aromatic N) is 1. The number of amides is 1. The van der Waals surface area contributed by atoms with Gasteiger partial charge >= 0.3 is 5.30 Å². The van der Waals surface area contributed by atoms with Gasteiger partial charge in [-0.3, -0.25) is 9.10 Å². The SMILES string of the molecule is O=C1S[C@@H]2SCC=S(C(=O)O)N12. The molecule has 2 rings (SSSR count). The molecule has 1 saturated heterocycles. The van der Waals surface area contributed by atoms with Crippen LogP contribution in [0.2, 0.25) is 0 Å². The van der Waals surface area contributed by atoms with Crippen molar-refractivity contribution >= 4 is 50.1 Å². The van der Waals surface area contributed by atoms with Crippen molar-refractivity contribution in [1.82, 2.24) is 4.31 Å². The zero-order valence-electron chi connectivity index (χ0n) is 5.80. The summed E-state index contributed by atoms with van der Waals surface area (Å²) in [5, 5.41) is 9.40. The lowest BCUT2D eigenvalue weighted by molar-refractivity contribution is 0.219. The highest BCUT2D eigenvalue weighted by atomic mass is 32.2. The maximum atomic E-state index is 11.0. The monoisotopic (exact) mass is 223 g/mol. The van der Waals surface area contributed by atoms with E-state index >= 15 is 0 Å². The molecule has 0 aromatic heterocycles. The number of rotatable bonds is 0. The molecule has 1 N–H and O–H groups in total. The van der Waals surface area contributed by atoms with Crippen LogP contribution in [-0.2, 0) is 0 Å². The van der Waals surface area contributed by atoms with Gasteiger partial charge in [-0.25, -0.2) is 4.79 Å². The van der Waals surface area contributed by atoms with Crippen LogP contribution in [0.25, 0.3) is 0 Å². The van der Waals surface area contributed by atoms with E-state index in [0.29, 0.717) is 0 Å². The van der Waals surface area contributed by atoms with Gasteiger partial charge in [0.05, 0.1) is 0 Å². The third-order valence-electron chi connectivity index (χ3n) is 1.43. The van der Waals surface area contributed by atoms with E-state index < -0.39 is 16.0 Å². The molecule has 0 saturated carbocycles. The molecule has 2 atom stereocenters. The Morgan fingerprint density at radius 1 is 1.83 bits per heavy atom. The zero-order valence-corrected chi connectivity index (χ0v) is 8.25. The summed E-state index contributed by atoms with van der Waals surface area (Å²) in [6.07, 6.45) is 0. The molecule has 4 nitrogen and oxygen atoms in total. The van der Waals surface area contributed by atoms with Gasteiger partial charge in [0.25, 0.3) is 5.24 Å². The van der Waals surface area contributed by atoms with Crippen molar-refractivity contribution in [3.05, 3.63) is 0 Å². The van der Waals surface area contributed by atoms with E-state index in [1.807, 2.05) is 0 Å². The number of hydrogen-bond acceptors (Lipinski definition) is 4. The molecule has 0 aromatic carbocycles. The Kier molecular flexibility index (Phi) is 2.09. The first kappa shape index (κ1) is 8.46. The molecule has 2 heterocycles. The van der Waals surface area contributed by atoms with E-state index in [4.69, 9.17) is 5.11 Å². The molecular formula is C5H5NO3S3. The zero-order chi connectivity index (χ0) is 8.72. The van der Waals surface area contributed by atoms with E-state index in [-0.39, 0.29) is 9.95 Å². The Balaban J connectivity index is 2.26. The summed E-state index contributed by atoms with van der Waals surface area (Å²) in [6.45, 7) is 0. The van der Waals surface area contributed by atoms with Crippen LogP contribution in [0.3, 0.4) is 0 Å². The van der Waals surface area contributed by atoms with Crippen molar-refractivity contribution in [3.8, 4) is 0 Å². The molecule has 2 aliphatic heterocycles. The van der Waals surface area contributed by atoms with Crippen LogP contribution in [0.4, 0.5) is 9.59 Å². The highest BCUT2D eigenvalue weighted by molar-refractivity contribution is 8.35. The van der Waals surface area contributed by atoms with Gasteiger partial charge in [-0.15, -0.1) is 11.8 Å². The Morgan fingerprint density at radius 3 is 3.08 bits per heavy atom. The minimum Gasteiger partial charge on any atom is -0.472 e. The lowest BCUT2D eigenvalue weighted by Crippen LogP contribution is -2.44. The molecular weight excluding hydrogens is 218 g/mol. The number of carbonyl (C=O) groups excluding carboxylic acids is 1. The summed E-state index contributed by atoms with van der Waals surface area (Å²) in [5.74, 6) is 0.719. The minimum atomic E-state index is -0.981. The first-order valence-electron chi connectivity index (χ1n) is 3.11. The van der Waals surface area contributed by atoms with Gasteiger partial charge in [0.1, 0.15) is 4.71 Å². The predicted octanol–water partition coefficient (Wildman–Crippen LogP) is 1.85. The van der Waals surface area contributed by atoms with Crippen molar-refractivity contribution in [2.24, 2.45) is 0 Å². The topological polar surface area (TPSA) is 57.6 Å². The van der Waals surface area contributed by atoms with Crippen molar-refractivity contribution in [1.29, 1.82) is 0 Å². The molecule has 0 radical (unpaired) electrons. The Hall–Kier alpha value is -0.140. The summed E-state index contributed by atoms with van der Waals surface area (Å²) < 4.78 is 1.48. The Bertz CT molecular complexity index is 290. The average Bonchev–Trinajstić information content (AvgIpc) is 2.01. The highest BCUT2D eigenvalue weighted by Gasteiger charge is 2.43. The van der Waals surface area contributed by atoms with Crippen LogP contribution in [0.5, 0.6) is 0 Å². The smallest absolute Gasteiger partial charge is 0.378 e. The average molecular weight is 223 g/mol. The quantitative estimate of drug-likeness (QED) is 0.635. The molecule has 2 aliphatic rings. The fourth-order valence-electron chi connectivity index (χ4n) is 0.919. The normalized spacial score (nSPS) is 33.3. The molecule has 12 heavy (non-hydrogen) atoms. The van der Waals surface area contributed by atoms with E-state index in [0.717, 1.165) is 5.75 Å². The number of fused-ring (bicyclic) bond motifs is 1. The second kappa shape index (κ2) is 2.97. The van der Waals surface area contributed by atoms with Gasteiger partial charge in [-0.05, 0) is 17.1 Å². The second-order valence-corrected chi connectivity index (χ2v) is 6.25. The molecule has 1 unspecified atom stereocenters. The molecule has 1 fully saturated rings. The summed E-state index contributed by atoms with van der Waals surface area (Å²) in [7, 11) is -0.981. The predicted molar refractivity (Wildman–Crippen MR) is 52.8 cm³/mol. The third kappa shape index (κ3) is 1.16. The maximum Gasteiger partial charge on any atom is 0.378 e. The van der Waals surface area contributed by atoms with Crippen molar-refractivity contribution in [3.63, 3.8) is 0 Å². The Labute approximate surface area is 79.7 Å². The largest absolute Gasteiger partial charge is 0.472 e. The first-order valence-corrected chi connectivity index (χ1v) is 6.28. The van der Waals surface area contributed by atoms with Gasteiger partial charge < -0.3 is 5.11 Å². The van der Waals surface area contributed by atoms with E-state index in [1.165, 1.54) is 16.1 Å². The molecule has 0 spiro atoms. The van der Waals surface area contributed by atoms with Crippen molar-refractivity contribution in [2.75, 3.05) is 5.75 Å². The van der Waals surface area contributed by atoms with Gasteiger partial charge in [-0.1, -0.05) is 0 Å². The molecule has 0 bridgehead atoms. The van der Waals surface area contributed by atoms with E-state index in [9.17, 15) is 9.59 Å². The van der Waals surface area contributed by atoms with Crippen LogP contribution >= 0.6 is 34.2 Å². The van der Waals surface area contributed by atoms with Crippen LogP contribution in [0.1, 0.15) is 0 Å². The minimum absolute atomic E-state index is 0.0435. The van der Waals surface area contributed by atoms with Crippen LogP contribution < -0.4 is 0 Å². The number of carboxylic acid groups (broad SMARTS) is 1. The number of carbonyl (C=O) groups is 2. The molecule has 0 aliphatic carbocycles. The number of hydrogen-bond donors (Lipinski definition) is 1. The summed E-state index contributed by atoms with van der Waals surface area (Å²) in [6, 6.07) is 0. The molecule has 7 heteroatoms. The highest BCUT2D eigenvalue weighted by Crippen LogP contribution is 2.49. The van der Waals surface area contributed by atoms with Gasteiger partial charge in [-0.2, -0.15) is 0 Å². The van der Waals surface area contributed by atoms with Crippen LogP contribution in [-0.4, -0.2) is 35.8 Å². The third-order valence-corrected chi connectivity index (χ3v) is 6.03. The van der Waals surface area contributed by atoms with Crippen molar-refractivity contribution < 1.29 is 14.7 Å². The fraction of sp³-hybridized carbons (Fsp3) is 0.400. The van der Waals surface area contributed by atoms with E-state index in [2.05, 4.69) is 0 Å². The van der Waals surface area contributed by atoms with Crippen LogP contribution in [0, 0.1) is 0 Å². The summed E-state index contributed by atoms with van der Waals surface area (Å²) in [5.41, 5.74) is 0. The summed E-state index contributed by atoms with van der Waals surface area (Å²) in [4.78, 5) is 21.6. The van der Waals surface area contributed by atoms with E-state index in [1.54, 1.807) is 17.1 Å². The maximum absolute atomic E-state index is 11.0. The van der Waals surface area contributed by atoms with Crippen molar-refractivity contribution in [2.45, 2.75) is 4.71 Å². The lowest BCUT2D eigenvalue weighted by atomic mass is 11.0. The fourth-order valence-corrected chi connectivity index (χ4v) is 5.43. The van der Waals surface area contributed by atoms with Gasteiger partial charge in [0.15, 0.2) is 0 Å².